The number of aryl methyl sites for hydroxylation is 10. The van der Waals surface area contributed by atoms with Crippen molar-refractivity contribution in [3.8, 4) is 16.9 Å². The number of aliphatic hydroxyl groups excluding tert-OH is 2. The molecular weight excluding hydrogens is 2120 g/mol. The van der Waals surface area contributed by atoms with Crippen molar-refractivity contribution in [3.05, 3.63) is 402 Å². The Kier molecular flexibility index (Phi) is 195. The highest BCUT2D eigenvalue weighted by molar-refractivity contribution is 9.09. The van der Waals surface area contributed by atoms with Gasteiger partial charge in [-0.2, -0.15) is 0 Å². The number of carbonyl (C=O) groups is 1. The maximum absolute atomic E-state index is 12.1. The lowest BCUT2D eigenvalue weighted by Gasteiger charge is -2.10. The molecule has 12 aromatic carbocycles. The fraction of sp³-hybridized carbons (Fsp3) is 0.430. The second kappa shape index (κ2) is 140. The van der Waals surface area contributed by atoms with Crippen molar-refractivity contribution < 1.29 is 33.6 Å². The zero-order chi connectivity index (χ0) is 100. The summed E-state index contributed by atoms with van der Waals surface area (Å²) in [6.07, 6.45) is 8.84. The lowest BCUT2D eigenvalue weighted by molar-refractivity contribution is -0.115. The number of hydrogen-bond acceptors (Lipinski definition) is 6. The second-order valence-electron chi connectivity index (χ2n) is 27.6. The number of benzene rings is 12. The summed E-state index contributed by atoms with van der Waals surface area (Å²) < 4.78 is 26.8. The number of hydrogen-bond donors (Lipinski definition) is 2. The number of methoxy groups -OCH3 is 3. The normalized spacial score (nSPS) is 8.67. The van der Waals surface area contributed by atoms with Crippen LogP contribution in [-0.2, 0) is 20.7 Å². The molecular formula is C128H219BrCl11FO6. The standard InChI is InChI=1S/C13H12O.C10H14.C9H11ClO.3C7H6Cl2.3C7H7Cl.C7H7F.C7H8.C4H7Cl.C4H10.C3H6O.C3H8.C2H5BrO.2C2H6.2CH4O.18CH4/c1-14-13-9-7-12(8-10-13)11-5-3-2-4-6-11;1-3-4-10-7-5-9(2)6-8-10;1-7(11-2)8-5-3-4-6-9(8)10;3*1-5-2-3-6(8)4-7(5)9;2*1-6-2-4-7(8)5-3-6;1-6-4-2-3-5-7(6)8;1-6-2-4-7(8)5-3-6;1-7-5-3-2-4-6-7;1-4(5)2-3-4;1-3-4-2;1-3(2)4;1-3-2;1-4-2-3;4*1-2;;;;;;;;;;;;;;;;;;/h2-10H,1H3;5-8H,3-4H2,1-2H3;3-7H,1-2H3;3*2-4H,1H3;4*2-5H,1H3;2-6H,1H3;2-3H2,1H3;3-4H2,1-2H3;1-2H3;3H2,1-2H3;2H2,1H3;2*1-2H3;2*2H,1H3;18*1H4. The zero-order valence-corrected chi connectivity index (χ0v) is 91.2. The molecule has 13 rings (SSSR count). The number of ketones is 1. The minimum Gasteiger partial charge on any atom is -0.497 e. The molecule has 12 aromatic rings. The van der Waals surface area contributed by atoms with Gasteiger partial charge in [0.15, 0.2) is 0 Å². The van der Waals surface area contributed by atoms with Gasteiger partial charge in [0.2, 0.25) is 0 Å². The van der Waals surface area contributed by atoms with Crippen LogP contribution in [0, 0.1) is 68.1 Å². The van der Waals surface area contributed by atoms with Gasteiger partial charge >= 0.3 is 0 Å². The van der Waals surface area contributed by atoms with Gasteiger partial charge in [-0.15, -0.1) is 11.6 Å². The molecule has 1 unspecified atom stereocenters. The number of unbranched alkanes of at least 4 members (excludes halogenated alkanes) is 1. The summed E-state index contributed by atoms with van der Waals surface area (Å²) in [4.78, 5) is 9.67. The van der Waals surface area contributed by atoms with Crippen LogP contribution in [0.3, 0.4) is 0 Å². The van der Waals surface area contributed by atoms with Crippen LogP contribution in [0.25, 0.3) is 11.1 Å². The Morgan fingerprint density at radius 1 is 0.347 bits per heavy atom. The molecule has 1 saturated carbocycles. The highest BCUT2D eigenvalue weighted by atomic mass is 79.9. The molecule has 1 aliphatic carbocycles. The van der Waals surface area contributed by atoms with Gasteiger partial charge in [0, 0.05) is 83.5 Å². The van der Waals surface area contributed by atoms with E-state index < -0.39 is 0 Å². The highest BCUT2D eigenvalue weighted by Crippen LogP contribution is 2.41. The van der Waals surface area contributed by atoms with E-state index in [0.29, 0.717) is 20.6 Å². The molecule has 0 saturated heterocycles. The predicted octanol–water partition coefficient (Wildman–Crippen LogP) is 50.6. The molecule has 0 spiro atoms. The Morgan fingerprint density at radius 2 is 0.585 bits per heavy atom. The summed E-state index contributed by atoms with van der Waals surface area (Å²) in [5, 5.41) is 21.4. The molecule has 1 fully saturated rings. The zero-order valence-electron chi connectivity index (χ0n) is 81.3. The van der Waals surface area contributed by atoms with Crippen molar-refractivity contribution in [1.29, 1.82) is 0 Å². The van der Waals surface area contributed by atoms with E-state index in [2.05, 4.69) is 137 Å². The van der Waals surface area contributed by atoms with Gasteiger partial charge in [-0.1, -0.05) is 569 Å². The first kappa shape index (κ1) is 205. The van der Waals surface area contributed by atoms with Crippen LogP contribution in [-0.4, -0.2) is 61.9 Å². The van der Waals surface area contributed by atoms with E-state index >= 15 is 0 Å². The molecule has 0 bridgehead atoms. The quantitative estimate of drug-likeness (QED) is 0.148. The molecule has 0 aromatic heterocycles. The van der Waals surface area contributed by atoms with Crippen LogP contribution < -0.4 is 4.74 Å². The number of Topliss-reactive ketones (excluding diaryl/α,β-unsaturated/α-hetero) is 1. The van der Waals surface area contributed by atoms with E-state index in [1.807, 2.05) is 265 Å². The maximum Gasteiger partial charge on any atom is 0.126 e. The van der Waals surface area contributed by atoms with Crippen LogP contribution in [0.1, 0.15) is 330 Å². The lowest BCUT2D eigenvalue weighted by Crippen LogP contribution is -1.95. The van der Waals surface area contributed by atoms with Crippen molar-refractivity contribution in [3.63, 3.8) is 0 Å². The van der Waals surface area contributed by atoms with Crippen LogP contribution >= 0.6 is 144 Å². The van der Waals surface area contributed by atoms with Gasteiger partial charge in [0.05, 0.1) is 13.2 Å². The molecule has 19 heteroatoms. The van der Waals surface area contributed by atoms with Gasteiger partial charge in [0.1, 0.15) is 22.9 Å². The summed E-state index contributed by atoms with van der Waals surface area (Å²) in [5.41, 5.74) is 16.1. The van der Waals surface area contributed by atoms with E-state index in [9.17, 15) is 9.18 Å². The number of halogens is 13. The molecule has 1 aliphatic rings. The fourth-order valence-electron chi connectivity index (χ4n) is 7.95. The minimum atomic E-state index is -0.171. The van der Waals surface area contributed by atoms with Gasteiger partial charge < -0.3 is 29.2 Å². The molecule has 147 heavy (non-hydrogen) atoms. The largest absolute Gasteiger partial charge is 0.497 e. The lowest BCUT2D eigenvalue weighted by atomic mass is 10.1. The third kappa shape index (κ3) is 130. The Balaban J connectivity index is -0.0000000468. The summed E-state index contributed by atoms with van der Waals surface area (Å²) in [6.45, 7) is 43.9. The second-order valence-corrected chi connectivity index (χ2v) is 33.2. The van der Waals surface area contributed by atoms with Crippen molar-refractivity contribution >= 4 is 149 Å². The highest BCUT2D eigenvalue weighted by Gasteiger charge is 2.34. The van der Waals surface area contributed by atoms with E-state index in [1.165, 1.54) is 110 Å². The first-order valence-electron chi connectivity index (χ1n) is 42.6. The van der Waals surface area contributed by atoms with E-state index in [0.717, 1.165) is 88.5 Å². The number of carbonyl (C=O) groups excluding carboxylic acids is 1. The number of ether oxygens (including phenoxy) is 3. The number of alkyl halides is 2. The Morgan fingerprint density at radius 3 is 0.789 bits per heavy atom. The third-order valence-corrected chi connectivity index (χ3v) is 19.6. The molecule has 0 heterocycles. The molecule has 2 N–H and O–H groups in total. The Labute approximate surface area is 976 Å². The van der Waals surface area contributed by atoms with Gasteiger partial charge in [-0.25, -0.2) is 4.39 Å². The Hall–Kier alpha value is -6.45. The Bertz CT molecular complexity index is 4210. The summed E-state index contributed by atoms with van der Waals surface area (Å²) in [7, 11) is 6.99. The maximum atomic E-state index is 12.1. The molecule has 6 nitrogen and oxygen atoms in total. The fourth-order valence-corrected chi connectivity index (χ4v) is 9.95. The summed E-state index contributed by atoms with van der Waals surface area (Å²) in [6, 6.07) is 91.1. The molecule has 0 aliphatic heterocycles. The van der Waals surface area contributed by atoms with Crippen molar-refractivity contribution in [2.24, 2.45) is 0 Å². The van der Waals surface area contributed by atoms with Crippen molar-refractivity contribution in [1.82, 2.24) is 0 Å². The first-order valence-corrected chi connectivity index (χ1v) is 47.9. The van der Waals surface area contributed by atoms with Crippen LogP contribution in [0.2, 0.25) is 50.2 Å². The average Bonchev–Trinajstić information content (AvgIpc) is 1.52. The molecule has 0 amide bonds. The number of rotatable bonds is 8. The monoisotopic (exact) mass is 2340 g/mol. The van der Waals surface area contributed by atoms with Gasteiger partial charge in [0.25, 0.3) is 0 Å². The molecule has 0 radical (unpaired) electrons. The van der Waals surface area contributed by atoms with Crippen LogP contribution in [0.15, 0.2) is 285 Å². The van der Waals surface area contributed by atoms with Gasteiger partial charge in [-0.3, -0.25) is 0 Å². The summed E-state index contributed by atoms with van der Waals surface area (Å²) in [5.74, 6) is 0.889. The topological polar surface area (TPSA) is 85.2 Å². The molecule has 1 atom stereocenters. The van der Waals surface area contributed by atoms with Crippen molar-refractivity contribution in [2.75, 3.05) is 41.1 Å². The van der Waals surface area contributed by atoms with Crippen molar-refractivity contribution in [2.45, 2.75) is 342 Å². The van der Waals surface area contributed by atoms with Crippen LogP contribution in [0.4, 0.5) is 4.39 Å². The smallest absolute Gasteiger partial charge is 0.126 e. The van der Waals surface area contributed by atoms with E-state index in [-0.39, 0.29) is 156 Å². The SMILES string of the molecule is C.C.C.C.C.C.C.C.C.C.C.C.C.C.C.C.C.C.CC.CC.CC(C)=O.CC1(Cl)CC1.CCC.CCCC.CCCc1ccc(C)cc1.CO.CO.COC(C)c1ccccc1Cl.COCBr.COc1ccc(-c2ccccc2)cc1.Cc1ccc(Cl)cc1.Cc1ccc(Cl)cc1.Cc1ccc(Cl)cc1Cl.Cc1ccc(Cl)cc1Cl.Cc1ccc(Cl)cc1Cl.Cc1ccc(F)cc1.Cc1ccccc1.Cc1ccccc1Cl. The number of aliphatic hydroxyl groups is 2. The van der Waals surface area contributed by atoms with Crippen LogP contribution in [0.5, 0.6) is 5.75 Å². The first-order chi connectivity index (χ1) is 61.3. The molecule has 858 valence electrons. The van der Waals surface area contributed by atoms with E-state index in [4.69, 9.17) is 147 Å². The minimum absolute atomic E-state index is 0. The third-order valence-electron chi connectivity index (χ3n) is 15.6. The predicted molar refractivity (Wildman–Crippen MR) is 702 cm³/mol. The van der Waals surface area contributed by atoms with Gasteiger partial charge in [-0.05, 0) is 251 Å². The van der Waals surface area contributed by atoms with E-state index in [1.54, 1.807) is 51.7 Å². The average molecular weight is 2340 g/mol. The summed E-state index contributed by atoms with van der Waals surface area (Å²) >= 11 is 65.6.